The Balaban J connectivity index is 2.92. The molecule has 1 aromatic rings. The lowest BCUT2D eigenvalue weighted by Gasteiger charge is -2.21. The molecule has 0 N–H and O–H groups in total. The largest absolute Gasteiger partial charge is 0.463 e. The van der Waals surface area contributed by atoms with Crippen LogP contribution in [-0.4, -0.2) is 39.9 Å². The third-order valence-corrected chi connectivity index (χ3v) is 3.21. The Hall–Kier alpha value is -1.33. The lowest BCUT2D eigenvalue weighted by molar-refractivity contribution is -0.137. The number of methoxy groups -OCH3 is 1. The summed E-state index contributed by atoms with van der Waals surface area (Å²) >= 11 is 3.44. The van der Waals surface area contributed by atoms with Crippen molar-refractivity contribution in [2.45, 2.75) is 6.92 Å². The van der Waals surface area contributed by atoms with Crippen LogP contribution in [0.25, 0.3) is 6.08 Å². The van der Waals surface area contributed by atoms with E-state index in [2.05, 4.69) is 20.8 Å². The molecule has 0 aromatic heterocycles. The van der Waals surface area contributed by atoms with Crippen molar-refractivity contribution in [3.8, 4) is 0 Å². The van der Waals surface area contributed by atoms with E-state index in [0.717, 1.165) is 22.3 Å². The number of nitrogens with zero attached hydrogens (tertiary/aromatic N) is 1. The minimum Gasteiger partial charge on any atom is -0.463 e. The topological polar surface area (TPSA) is 38.8 Å². The Kier molecular flexibility index (Phi) is 7.33. The number of hydrogen-bond acceptors (Lipinski definition) is 4. The molecule has 110 valence electrons. The van der Waals surface area contributed by atoms with Crippen molar-refractivity contribution < 1.29 is 14.3 Å². The second kappa shape index (κ2) is 8.76. The molecule has 0 atom stereocenters. The van der Waals surface area contributed by atoms with Crippen LogP contribution < -0.4 is 4.90 Å². The van der Waals surface area contributed by atoms with Crippen molar-refractivity contribution in [2.24, 2.45) is 0 Å². The molecule has 0 spiro atoms. The van der Waals surface area contributed by atoms with Gasteiger partial charge in [-0.05, 0) is 36.8 Å². The summed E-state index contributed by atoms with van der Waals surface area (Å²) in [6.45, 7) is 3.59. The van der Waals surface area contributed by atoms with Crippen molar-refractivity contribution in [3.05, 3.63) is 34.3 Å². The molecule has 0 bridgehead atoms. The van der Waals surface area contributed by atoms with Crippen molar-refractivity contribution >= 4 is 33.7 Å². The number of carbonyl (C=O) groups excluding carboxylic acids is 1. The average molecular weight is 342 g/mol. The summed E-state index contributed by atoms with van der Waals surface area (Å²) in [5, 5.41) is 0. The molecule has 0 saturated heterocycles. The van der Waals surface area contributed by atoms with Gasteiger partial charge in [0.1, 0.15) is 0 Å². The first-order chi connectivity index (χ1) is 9.58. The summed E-state index contributed by atoms with van der Waals surface area (Å²) < 4.78 is 10.9. The first-order valence-corrected chi connectivity index (χ1v) is 7.22. The normalized spacial score (nSPS) is 10.8. The zero-order chi connectivity index (χ0) is 15.0. The summed E-state index contributed by atoms with van der Waals surface area (Å²) in [4.78, 5) is 13.5. The summed E-state index contributed by atoms with van der Waals surface area (Å²) in [7, 11) is 3.67. The average Bonchev–Trinajstić information content (AvgIpc) is 2.43. The molecule has 0 unspecified atom stereocenters. The maximum absolute atomic E-state index is 11.4. The monoisotopic (exact) mass is 341 g/mol. The fourth-order valence-corrected chi connectivity index (χ4v) is 2.08. The van der Waals surface area contributed by atoms with Gasteiger partial charge in [-0.1, -0.05) is 15.9 Å². The fraction of sp³-hybridized carbons (Fsp3) is 0.400. The zero-order valence-electron chi connectivity index (χ0n) is 12.1. The summed E-state index contributed by atoms with van der Waals surface area (Å²) in [6.07, 6.45) is 3.21. The van der Waals surface area contributed by atoms with Crippen LogP contribution in [0.3, 0.4) is 0 Å². The van der Waals surface area contributed by atoms with Gasteiger partial charge in [0.2, 0.25) is 0 Å². The molecule has 0 aliphatic heterocycles. The maximum Gasteiger partial charge on any atom is 0.330 e. The molecule has 1 rings (SSSR count). The molecule has 0 amide bonds. The van der Waals surface area contributed by atoms with E-state index in [0.29, 0.717) is 13.2 Å². The Morgan fingerprint density at radius 1 is 1.45 bits per heavy atom. The number of benzene rings is 1. The van der Waals surface area contributed by atoms with Crippen molar-refractivity contribution in [3.63, 3.8) is 0 Å². The molecule has 4 nitrogen and oxygen atoms in total. The van der Waals surface area contributed by atoms with Crippen molar-refractivity contribution in [1.29, 1.82) is 0 Å². The van der Waals surface area contributed by atoms with Crippen LogP contribution in [-0.2, 0) is 14.3 Å². The molecule has 0 fully saturated rings. The van der Waals surface area contributed by atoms with Gasteiger partial charge in [-0.2, -0.15) is 0 Å². The maximum atomic E-state index is 11.4. The quantitative estimate of drug-likeness (QED) is 0.564. The van der Waals surface area contributed by atoms with Gasteiger partial charge < -0.3 is 14.4 Å². The molecule has 0 aliphatic rings. The van der Waals surface area contributed by atoms with Crippen LogP contribution in [0.1, 0.15) is 12.5 Å². The van der Waals surface area contributed by atoms with Gasteiger partial charge in [-0.3, -0.25) is 0 Å². The van der Waals surface area contributed by atoms with Gasteiger partial charge in [-0.25, -0.2) is 4.79 Å². The van der Waals surface area contributed by atoms with Crippen LogP contribution in [0.15, 0.2) is 28.7 Å². The van der Waals surface area contributed by atoms with Crippen LogP contribution in [0.2, 0.25) is 0 Å². The predicted octanol–water partition coefficient (Wildman–Crippen LogP) is 3.11. The molecule has 5 heteroatoms. The second-order valence-corrected chi connectivity index (χ2v) is 5.12. The predicted molar refractivity (Wildman–Crippen MR) is 85.0 cm³/mol. The minimum absolute atomic E-state index is 0.335. The molecule has 0 saturated carbocycles. The highest BCUT2D eigenvalue weighted by atomic mass is 79.9. The highest BCUT2D eigenvalue weighted by Crippen LogP contribution is 2.25. The fourth-order valence-electron chi connectivity index (χ4n) is 1.70. The first-order valence-electron chi connectivity index (χ1n) is 6.43. The lowest BCUT2D eigenvalue weighted by Crippen LogP contribution is -2.22. The van der Waals surface area contributed by atoms with Crippen LogP contribution in [0.5, 0.6) is 0 Å². The van der Waals surface area contributed by atoms with Gasteiger partial charge in [0.05, 0.1) is 13.2 Å². The molecule has 0 aliphatic carbocycles. The molecular weight excluding hydrogens is 322 g/mol. The van der Waals surface area contributed by atoms with E-state index in [1.165, 1.54) is 6.08 Å². The Morgan fingerprint density at radius 2 is 2.20 bits per heavy atom. The number of ether oxygens (including phenoxy) is 2. The van der Waals surface area contributed by atoms with Gasteiger partial charge in [0.25, 0.3) is 0 Å². The highest BCUT2D eigenvalue weighted by molar-refractivity contribution is 9.10. The third kappa shape index (κ3) is 5.35. The zero-order valence-corrected chi connectivity index (χ0v) is 13.6. The van der Waals surface area contributed by atoms with E-state index in [-0.39, 0.29) is 5.97 Å². The van der Waals surface area contributed by atoms with E-state index in [9.17, 15) is 4.79 Å². The Bertz CT molecular complexity index is 474. The molecule has 1 aromatic carbocycles. The SMILES string of the molecule is CCOC(=O)C=Cc1cc(Br)ccc1N(C)CCOC. The van der Waals surface area contributed by atoms with Gasteiger partial charge in [0.15, 0.2) is 0 Å². The minimum atomic E-state index is -0.335. The van der Waals surface area contributed by atoms with E-state index in [4.69, 9.17) is 9.47 Å². The van der Waals surface area contributed by atoms with Crippen LogP contribution in [0.4, 0.5) is 5.69 Å². The molecule has 20 heavy (non-hydrogen) atoms. The number of rotatable bonds is 7. The standard InChI is InChI=1S/C15H20BrNO3/c1-4-20-15(18)8-5-12-11-13(16)6-7-14(12)17(2)9-10-19-3/h5-8,11H,4,9-10H2,1-3H3. The first kappa shape index (κ1) is 16.7. The highest BCUT2D eigenvalue weighted by Gasteiger charge is 2.06. The number of esters is 1. The molecule has 0 heterocycles. The summed E-state index contributed by atoms with van der Waals surface area (Å²) in [5.74, 6) is -0.335. The van der Waals surface area contributed by atoms with E-state index in [1.54, 1.807) is 20.1 Å². The van der Waals surface area contributed by atoms with Crippen LogP contribution >= 0.6 is 15.9 Å². The number of likely N-dealkylation sites (N-methyl/N-ethyl adjacent to an activating group) is 1. The smallest absolute Gasteiger partial charge is 0.330 e. The number of carbonyl (C=O) groups is 1. The second-order valence-electron chi connectivity index (χ2n) is 4.20. The number of hydrogen-bond donors (Lipinski definition) is 0. The van der Waals surface area contributed by atoms with E-state index >= 15 is 0 Å². The van der Waals surface area contributed by atoms with E-state index in [1.807, 2.05) is 25.2 Å². The molecular formula is C15H20BrNO3. The van der Waals surface area contributed by atoms with Gasteiger partial charge in [-0.15, -0.1) is 0 Å². The Morgan fingerprint density at radius 3 is 2.85 bits per heavy atom. The number of halogens is 1. The van der Waals surface area contributed by atoms with Crippen LogP contribution in [0, 0.1) is 0 Å². The Labute approximate surface area is 128 Å². The summed E-state index contributed by atoms with van der Waals surface area (Å²) in [6, 6.07) is 5.94. The summed E-state index contributed by atoms with van der Waals surface area (Å²) in [5.41, 5.74) is 1.98. The van der Waals surface area contributed by atoms with Gasteiger partial charge in [0, 0.05) is 36.9 Å². The third-order valence-electron chi connectivity index (χ3n) is 2.72. The lowest BCUT2D eigenvalue weighted by atomic mass is 10.1. The van der Waals surface area contributed by atoms with E-state index < -0.39 is 0 Å². The van der Waals surface area contributed by atoms with Gasteiger partial charge >= 0.3 is 5.97 Å². The van der Waals surface area contributed by atoms with Crippen molar-refractivity contribution in [1.82, 2.24) is 0 Å². The number of anilines is 1. The molecule has 0 radical (unpaired) electrons. The van der Waals surface area contributed by atoms with Crippen molar-refractivity contribution in [2.75, 3.05) is 38.8 Å².